The van der Waals surface area contributed by atoms with Crippen molar-refractivity contribution in [1.29, 1.82) is 0 Å². The third-order valence-electron chi connectivity index (χ3n) is 2.55. The fourth-order valence-electron chi connectivity index (χ4n) is 1.87. The van der Waals surface area contributed by atoms with Gasteiger partial charge >= 0.3 is 6.03 Å². The summed E-state index contributed by atoms with van der Waals surface area (Å²) in [5.41, 5.74) is 5.15. The van der Waals surface area contributed by atoms with Crippen LogP contribution in [0.25, 0.3) is 0 Å². The molecule has 2 fully saturated rings. The molecule has 11 heavy (non-hydrogen) atoms. The number of carbonyl (C=O) groups is 1. The van der Waals surface area contributed by atoms with Crippen molar-refractivity contribution in [3.8, 4) is 0 Å². The van der Waals surface area contributed by atoms with Crippen LogP contribution in [0.1, 0.15) is 0 Å². The van der Waals surface area contributed by atoms with Crippen molar-refractivity contribution in [3.05, 3.63) is 0 Å². The van der Waals surface area contributed by atoms with E-state index in [1.807, 2.05) is 0 Å². The summed E-state index contributed by atoms with van der Waals surface area (Å²) in [7, 11) is 0. The first kappa shape index (κ1) is 6.91. The Kier molecular flexibility index (Phi) is 1.49. The summed E-state index contributed by atoms with van der Waals surface area (Å²) in [4.78, 5) is 12.4. The Balaban J connectivity index is 1.99. The standard InChI is InChI=1S/C7H12N2O2/c8-7(10)9-1-5-3-11-4-6(5)2-9/h5-6H,1-4H2,(H2,8,10). The summed E-state index contributed by atoms with van der Waals surface area (Å²) in [5.74, 6) is 1.09. The molecule has 4 nitrogen and oxygen atoms in total. The van der Waals surface area contributed by atoms with E-state index in [0.717, 1.165) is 26.3 Å². The van der Waals surface area contributed by atoms with Crippen molar-refractivity contribution in [3.63, 3.8) is 0 Å². The van der Waals surface area contributed by atoms with Gasteiger partial charge in [0.25, 0.3) is 0 Å². The molecule has 2 aliphatic rings. The van der Waals surface area contributed by atoms with Gasteiger partial charge in [-0.25, -0.2) is 4.79 Å². The summed E-state index contributed by atoms with van der Waals surface area (Å²) in [6.07, 6.45) is 0. The van der Waals surface area contributed by atoms with Gasteiger partial charge in [-0.1, -0.05) is 0 Å². The Labute approximate surface area is 65.3 Å². The minimum absolute atomic E-state index is 0.292. The molecule has 2 rings (SSSR count). The lowest BCUT2D eigenvalue weighted by Crippen LogP contribution is -2.34. The zero-order chi connectivity index (χ0) is 7.84. The number of rotatable bonds is 0. The highest BCUT2D eigenvalue weighted by molar-refractivity contribution is 5.72. The fourth-order valence-corrected chi connectivity index (χ4v) is 1.87. The van der Waals surface area contributed by atoms with Crippen LogP contribution in [0.15, 0.2) is 0 Å². The maximum atomic E-state index is 10.7. The first-order chi connectivity index (χ1) is 5.27. The van der Waals surface area contributed by atoms with Crippen LogP contribution in [-0.4, -0.2) is 37.2 Å². The smallest absolute Gasteiger partial charge is 0.314 e. The first-order valence-electron chi connectivity index (χ1n) is 3.89. The molecule has 2 unspecified atom stereocenters. The normalized spacial score (nSPS) is 35.8. The molecule has 0 aromatic rings. The van der Waals surface area contributed by atoms with Crippen LogP contribution in [0.5, 0.6) is 0 Å². The molecule has 0 bridgehead atoms. The molecule has 0 radical (unpaired) electrons. The van der Waals surface area contributed by atoms with Crippen LogP contribution in [0, 0.1) is 11.8 Å². The molecule has 0 aliphatic carbocycles. The van der Waals surface area contributed by atoms with E-state index in [4.69, 9.17) is 10.5 Å². The number of hydrogen-bond donors (Lipinski definition) is 1. The van der Waals surface area contributed by atoms with Gasteiger partial charge in [-0.2, -0.15) is 0 Å². The number of carbonyl (C=O) groups excluding carboxylic acids is 1. The van der Waals surface area contributed by atoms with E-state index in [0.29, 0.717) is 11.8 Å². The van der Waals surface area contributed by atoms with Crippen molar-refractivity contribution >= 4 is 6.03 Å². The van der Waals surface area contributed by atoms with E-state index in [1.165, 1.54) is 0 Å². The van der Waals surface area contributed by atoms with Crippen molar-refractivity contribution < 1.29 is 9.53 Å². The van der Waals surface area contributed by atoms with Crippen LogP contribution < -0.4 is 5.73 Å². The number of fused-ring (bicyclic) bond motifs is 1. The second-order valence-electron chi connectivity index (χ2n) is 3.30. The molecule has 2 amide bonds. The number of hydrogen-bond acceptors (Lipinski definition) is 2. The number of nitrogens with zero attached hydrogens (tertiary/aromatic N) is 1. The molecule has 2 N–H and O–H groups in total. The molecule has 0 aromatic heterocycles. The van der Waals surface area contributed by atoms with E-state index in [1.54, 1.807) is 4.90 Å². The van der Waals surface area contributed by atoms with E-state index in [-0.39, 0.29) is 6.03 Å². The van der Waals surface area contributed by atoms with E-state index in [2.05, 4.69) is 0 Å². The van der Waals surface area contributed by atoms with Gasteiger partial charge in [-0.05, 0) is 0 Å². The lowest BCUT2D eigenvalue weighted by atomic mass is 10.0. The number of likely N-dealkylation sites (tertiary alicyclic amines) is 1. The minimum atomic E-state index is -0.292. The van der Waals surface area contributed by atoms with Gasteiger partial charge in [0.1, 0.15) is 0 Å². The Hall–Kier alpha value is -0.770. The number of urea groups is 1. The largest absolute Gasteiger partial charge is 0.381 e. The molecular formula is C7H12N2O2. The molecule has 0 spiro atoms. The lowest BCUT2D eigenvalue weighted by molar-refractivity contribution is 0.157. The van der Waals surface area contributed by atoms with Crippen LogP contribution in [0.3, 0.4) is 0 Å². The summed E-state index contributed by atoms with van der Waals surface area (Å²) in [6.45, 7) is 3.18. The Morgan fingerprint density at radius 2 is 1.91 bits per heavy atom. The SMILES string of the molecule is NC(=O)N1CC2COCC2C1. The predicted octanol–water partition coefficient (Wildman–Crippen LogP) is -0.357. The maximum absolute atomic E-state index is 10.7. The highest BCUT2D eigenvalue weighted by atomic mass is 16.5. The van der Waals surface area contributed by atoms with Crippen molar-refractivity contribution in [2.24, 2.45) is 17.6 Å². The van der Waals surface area contributed by atoms with Gasteiger partial charge < -0.3 is 15.4 Å². The van der Waals surface area contributed by atoms with Gasteiger partial charge in [-0.15, -0.1) is 0 Å². The molecule has 2 heterocycles. The minimum Gasteiger partial charge on any atom is -0.381 e. The van der Waals surface area contributed by atoms with Crippen molar-refractivity contribution in [2.45, 2.75) is 0 Å². The number of nitrogens with two attached hydrogens (primary N) is 1. The van der Waals surface area contributed by atoms with E-state index >= 15 is 0 Å². The average molecular weight is 156 g/mol. The lowest BCUT2D eigenvalue weighted by Gasteiger charge is -2.13. The van der Waals surface area contributed by atoms with Crippen molar-refractivity contribution in [1.82, 2.24) is 4.90 Å². The molecule has 0 saturated carbocycles. The molecule has 2 atom stereocenters. The third kappa shape index (κ3) is 1.07. The first-order valence-corrected chi connectivity index (χ1v) is 3.89. The summed E-state index contributed by atoms with van der Waals surface area (Å²) in [5, 5.41) is 0. The molecule has 0 aromatic carbocycles. The number of primary amides is 1. The van der Waals surface area contributed by atoms with Gasteiger partial charge in [0.05, 0.1) is 13.2 Å². The van der Waals surface area contributed by atoms with Crippen LogP contribution in [0.4, 0.5) is 4.79 Å². The Morgan fingerprint density at radius 3 is 2.36 bits per heavy atom. The molecule has 62 valence electrons. The summed E-state index contributed by atoms with van der Waals surface area (Å²) in [6, 6.07) is -0.292. The van der Waals surface area contributed by atoms with Gasteiger partial charge in [-0.3, -0.25) is 0 Å². The second-order valence-corrected chi connectivity index (χ2v) is 3.30. The molecule has 2 saturated heterocycles. The predicted molar refractivity (Wildman–Crippen MR) is 39.0 cm³/mol. The Bertz CT molecular complexity index is 171. The number of amides is 2. The second kappa shape index (κ2) is 2.37. The van der Waals surface area contributed by atoms with Crippen LogP contribution in [0.2, 0.25) is 0 Å². The van der Waals surface area contributed by atoms with Gasteiger partial charge in [0.2, 0.25) is 0 Å². The molecular weight excluding hydrogens is 144 g/mol. The Morgan fingerprint density at radius 1 is 1.36 bits per heavy atom. The topological polar surface area (TPSA) is 55.6 Å². The fraction of sp³-hybridized carbons (Fsp3) is 0.857. The third-order valence-corrected chi connectivity index (χ3v) is 2.55. The highest BCUT2D eigenvalue weighted by Gasteiger charge is 2.38. The highest BCUT2D eigenvalue weighted by Crippen LogP contribution is 2.28. The molecule has 4 heteroatoms. The van der Waals surface area contributed by atoms with Crippen LogP contribution >= 0.6 is 0 Å². The van der Waals surface area contributed by atoms with Gasteiger partial charge in [0, 0.05) is 24.9 Å². The van der Waals surface area contributed by atoms with E-state index in [9.17, 15) is 4.79 Å². The zero-order valence-electron chi connectivity index (χ0n) is 6.32. The average Bonchev–Trinajstić information content (AvgIpc) is 2.40. The summed E-state index contributed by atoms with van der Waals surface area (Å²) < 4.78 is 5.26. The van der Waals surface area contributed by atoms with Crippen LogP contribution in [-0.2, 0) is 4.74 Å². The molecule has 2 aliphatic heterocycles. The zero-order valence-corrected chi connectivity index (χ0v) is 6.32. The number of ether oxygens (including phenoxy) is 1. The van der Waals surface area contributed by atoms with E-state index < -0.39 is 0 Å². The van der Waals surface area contributed by atoms with Crippen molar-refractivity contribution in [2.75, 3.05) is 26.3 Å². The summed E-state index contributed by atoms with van der Waals surface area (Å²) >= 11 is 0. The quantitative estimate of drug-likeness (QED) is 0.521. The van der Waals surface area contributed by atoms with Gasteiger partial charge in [0.15, 0.2) is 0 Å². The maximum Gasteiger partial charge on any atom is 0.314 e. The monoisotopic (exact) mass is 156 g/mol.